The molecule has 0 bridgehead atoms. The zero-order chi connectivity index (χ0) is 14.6. The summed E-state index contributed by atoms with van der Waals surface area (Å²) in [4.78, 5) is 14.1. The van der Waals surface area contributed by atoms with Crippen molar-refractivity contribution in [2.75, 3.05) is 13.1 Å². The largest absolute Gasteiger partial charge is 0.481 e. The van der Waals surface area contributed by atoms with Crippen LogP contribution in [0.1, 0.15) is 71.6 Å². The summed E-state index contributed by atoms with van der Waals surface area (Å²) < 4.78 is 0. The number of nitrogens with zero attached hydrogens (tertiary/aromatic N) is 1. The highest BCUT2D eigenvalue weighted by atomic mass is 16.4. The van der Waals surface area contributed by atoms with E-state index >= 15 is 0 Å². The summed E-state index contributed by atoms with van der Waals surface area (Å²) in [5, 5.41) is 9.48. The standard InChI is InChI=1S/C17H31NO2/c1-3-14-6-5-7-15(9-8-14)18-12-10-17(4-2,11-13-18)16(19)20/h14-15H,3-13H2,1-2H3,(H,19,20). The highest BCUT2D eigenvalue weighted by molar-refractivity contribution is 5.74. The molecule has 2 unspecified atom stereocenters. The summed E-state index contributed by atoms with van der Waals surface area (Å²) in [5.41, 5.74) is -0.437. The van der Waals surface area contributed by atoms with Gasteiger partial charge in [0.05, 0.1) is 5.41 Å². The first-order valence-electron chi connectivity index (χ1n) is 8.58. The first kappa shape index (κ1) is 15.8. The highest BCUT2D eigenvalue weighted by Gasteiger charge is 2.41. The molecule has 2 fully saturated rings. The number of likely N-dealkylation sites (tertiary alicyclic amines) is 1. The number of hydrogen-bond acceptors (Lipinski definition) is 2. The lowest BCUT2D eigenvalue weighted by Gasteiger charge is -2.41. The van der Waals surface area contributed by atoms with Crippen LogP contribution in [0.2, 0.25) is 0 Å². The molecule has 1 aliphatic carbocycles. The molecule has 116 valence electrons. The third kappa shape index (κ3) is 3.36. The number of carboxylic acid groups (broad SMARTS) is 1. The Bertz CT molecular complexity index is 321. The van der Waals surface area contributed by atoms with Gasteiger partial charge >= 0.3 is 5.97 Å². The van der Waals surface area contributed by atoms with Gasteiger partial charge < -0.3 is 10.0 Å². The lowest BCUT2D eigenvalue weighted by Crippen LogP contribution is -2.47. The SMILES string of the molecule is CCC1CCCC(N2CCC(CC)(C(=O)O)CC2)CC1. The van der Waals surface area contributed by atoms with Crippen molar-refractivity contribution in [2.45, 2.75) is 77.7 Å². The predicted octanol–water partition coefficient (Wildman–Crippen LogP) is 3.92. The average Bonchev–Trinajstić information content (AvgIpc) is 2.72. The fraction of sp³-hybridized carbons (Fsp3) is 0.941. The Labute approximate surface area is 123 Å². The van der Waals surface area contributed by atoms with E-state index in [0.717, 1.165) is 44.3 Å². The van der Waals surface area contributed by atoms with Crippen molar-refractivity contribution in [3.8, 4) is 0 Å². The third-order valence-corrected chi connectivity index (χ3v) is 6.04. The van der Waals surface area contributed by atoms with Crippen molar-refractivity contribution >= 4 is 5.97 Å². The lowest BCUT2D eigenvalue weighted by molar-refractivity contribution is -0.152. The first-order valence-corrected chi connectivity index (χ1v) is 8.58. The van der Waals surface area contributed by atoms with E-state index in [0.29, 0.717) is 0 Å². The van der Waals surface area contributed by atoms with Crippen LogP contribution >= 0.6 is 0 Å². The maximum atomic E-state index is 11.5. The third-order valence-electron chi connectivity index (χ3n) is 6.04. The maximum absolute atomic E-state index is 11.5. The minimum absolute atomic E-state index is 0.437. The van der Waals surface area contributed by atoms with Crippen LogP contribution in [0.15, 0.2) is 0 Å². The van der Waals surface area contributed by atoms with Crippen LogP contribution in [0.25, 0.3) is 0 Å². The molecule has 0 spiro atoms. The topological polar surface area (TPSA) is 40.5 Å². The molecule has 0 radical (unpaired) electrons. The van der Waals surface area contributed by atoms with Crippen molar-refractivity contribution in [1.29, 1.82) is 0 Å². The van der Waals surface area contributed by atoms with E-state index in [1.54, 1.807) is 0 Å². The van der Waals surface area contributed by atoms with Crippen LogP contribution in [0.4, 0.5) is 0 Å². The van der Waals surface area contributed by atoms with Gasteiger partial charge in [0, 0.05) is 6.04 Å². The molecule has 3 nitrogen and oxygen atoms in total. The molecule has 3 heteroatoms. The highest BCUT2D eigenvalue weighted by Crippen LogP contribution is 2.37. The van der Waals surface area contributed by atoms with Gasteiger partial charge in [-0.1, -0.05) is 33.1 Å². The molecular weight excluding hydrogens is 250 g/mol. The molecule has 1 N–H and O–H groups in total. The molecule has 1 saturated heterocycles. The number of carboxylic acids is 1. The van der Waals surface area contributed by atoms with Crippen molar-refractivity contribution in [2.24, 2.45) is 11.3 Å². The summed E-state index contributed by atoms with van der Waals surface area (Å²) in [6.07, 6.45) is 10.6. The minimum atomic E-state index is -0.577. The first-order chi connectivity index (χ1) is 9.61. The van der Waals surface area contributed by atoms with Gasteiger partial charge in [-0.3, -0.25) is 4.79 Å². The molecular formula is C17H31NO2. The van der Waals surface area contributed by atoms with Crippen molar-refractivity contribution in [1.82, 2.24) is 4.90 Å². The molecule has 0 aromatic heterocycles. The number of aliphatic carboxylic acids is 1. The van der Waals surface area contributed by atoms with E-state index in [1.807, 2.05) is 6.92 Å². The van der Waals surface area contributed by atoms with Gasteiger partial charge in [0.1, 0.15) is 0 Å². The van der Waals surface area contributed by atoms with Gasteiger partial charge in [-0.2, -0.15) is 0 Å². The molecule has 0 aromatic rings. The Morgan fingerprint density at radius 3 is 2.40 bits per heavy atom. The lowest BCUT2D eigenvalue weighted by atomic mass is 9.76. The summed E-state index contributed by atoms with van der Waals surface area (Å²) in [7, 11) is 0. The summed E-state index contributed by atoms with van der Waals surface area (Å²) >= 11 is 0. The minimum Gasteiger partial charge on any atom is -0.481 e. The summed E-state index contributed by atoms with van der Waals surface area (Å²) in [5.74, 6) is 0.352. The number of hydrogen-bond donors (Lipinski definition) is 1. The van der Waals surface area contributed by atoms with Gasteiger partial charge in [0.25, 0.3) is 0 Å². The molecule has 2 atom stereocenters. The quantitative estimate of drug-likeness (QED) is 0.794. The molecule has 1 aliphatic heterocycles. The fourth-order valence-corrected chi connectivity index (χ4v) is 4.17. The second-order valence-corrected chi connectivity index (χ2v) is 6.91. The second kappa shape index (κ2) is 6.93. The molecule has 0 amide bonds. The zero-order valence-electron chi connectivity index (χ0n) is 13.2. The van der Waals surface area contributed by atoms with E-state index in [-0.39, 0.29) is 0 Å². The normalized spacial score (nSPS) is 31.7. The Morgan fingerprint density at radius 1 is 1.15 bits per heavy atom. The monoisotopic (exact) mass is 281 g/mol. The Hall–Kier alpha value is -0.570. The van der Waals surface area contributed by atoms with Crippen LogP contribution in [0, 0.1) is 11.3 Å². The van der Waals surface area contributed by atoms with Crippen LogP contribution in [0.5, 0.6) is 0 Å². The molecule has 1 heterocycles. The van der Waals surface area contributed by atoms with Crippen molar-refractivity contribution < 1.29 is 9.90 Å². The van der Waals surface area contributed by atoms with Gasteiger partial charge in [-0.15, -0.1) is 0 Å². The molecule has 2 aliphatic rings. The van der Waals surface area contributed by atoms with Gasteiger partial charge in [0.15, 0.2) is 0 Å². The number of carbonyl (C=O) groups is 1. The smallest absolute Gasteiger partial charge is 0.309 e. The molecule has 20 heavy (non-hydrogen) atoms. The fourth-order valence-electron chi connectivity index (χ4n) is 4.17. The van der Waals surface area contributed by atoms with E-state index in [4.69, 9.17) is 0 Å². The van der Waals surface area contributed by atoms with Crippen molar-refractivity contribution in [3.63, 3.8) is 0 Å². The zero-order valence-corrected chi connectivity index (χ0v) is 13.2. The predicted molar refractivity (Wildman–Crippen MR) is 81.8 cm³/mol. The van der Waals surface area contributed by atoms with Crippen LogP contribution in [-0.4, -0.2) is 35.1 Å². The maximum Gasteiger partial charge on any atom is 0.309 e. The van der Waals surface area contributed by atoms with Gasteiger partial charge in [0.2, 0.25) is 0 Å². The van der Waals surface area contributed by atoms with Gasteiger partial charge in [-0.05, 0) is 57.5 Å². The average molecular weight is 281 g/mol. The Kier molecular flexibility index (Phi) is 5.48. The number of piperidine rings is 1. The van der Waals surface area contributed by atoms with E-state index in [1.165, 1.54) is 38.5 Å². The molecule has 0 aromatic carbocycles. The van der Waals surface area contributed by atoms with E-state index < -0.39 is 11.4 Å². The summed E-state index contributed by atoms with van der Waals surface area (Å²) in [6, 6.07) is 0.718. The van der Waals surface area contributed by atoms with Crippen LogP contribution in [-0.2, 0) is 4.79 Å². The van der Waals surface area contributed by atoms with Crippen LogP contribution in [0.3, 0.4) is 0 Å². The Morgan fingerprint density at radius 2 is 1.85 bits per heavy atom. The molecule has 2 rings (SSSR count). The van der Waals surface area contributed by atoms with Crippen molar-refractivity contribution in [3.05, 3.63) is 0 Å². The summed E-state index contributed by atoms with van der Waals surface area (Å²) in [6.45, 7) is 6.32. The molecule has 1 saturated carbocycles. The number of rotatable bonds is 4. The van der Waals surface area contributed by atoms with E-state index in [2.05, 4.69) is 11.8 Å². The van der Waals surface area contributed by atoms with Crippen LogP contribution < -0.4 is 0 Å². The second-order valence-electron chi connectivity index (χ2n) is 6.91. The van der Waals surface area contributed by atoms with Gasteiger partial charge in [-0.25, -0.2) is 0 Å². The van der Waals surface area contributed by atoms with E-state index in [9.17, 15) is 9.90 Å². The Balaban J connectivity index is 1.88.